The van der Waals surface area contributed by atoms with Gasteiger partial charge in [-0.2, -0.15) is 0 Å². The Morgan fingerprint density at radius 3 is 2.02 bits per heavy atom. The first kappa shape index (κ1) is 29.2. The maximum atomic E-state index is 6.66. The van der Waals surface area contributed by atoms with Crippen LogP contribution in [0.25, 0.3) is 76.9 Å². The molecule has 11 rings (SSSR count). The van der Waals surface area contributed by atoms with Crippen LogP contribution in [0.4, 0.5) is 17.1 Å². The Hall–Kier alpha value is -6.58. The molecule has 0 N–H and O–H groups in total. The molecule has 1 aliphatic rings. The highest BCUT2D eigenvalue weighted by molar-refractivity contribution is 6.20. The van der Waals surface area contributed by atoms with Gasteiger partial charge in [-0.25, -0.2) is 0 Å². The first-order valence-corrected chi connectivity index (χ1v) is 17.9. The zero-order chi connectivity index (χ0) is 34.6. The quantitative estimate of drug-likeness (QED) is 0.187. The summed E-state index contributed by atoms with van der Waals surface area (Å²) in [5.41, 5.74) is 14.3. The third-order valence-electron chi connectivity index (χ3n) is 11.3. The van der Waals surface area contributed by atoms with Crippen molar-refractivity contribution in [1.29, 1.82) is 0 Å². The van der Waals surface area contributed by atoms with Crippen LogP contribution in [0.3, 0.4) is 0 Å². The molecule has 3 nitrogen and oxygen atoms in total. The predicted octanol–water partition coefficient (Wildman–Crippen LogP) is 14.1. The fraction of sp³-hybridized carbons (Fsp3) is 0.0612. The van der Waals surface area contributed by atoms with Gasteiger partial charge in [0.05, 0.1) is 5.69 Å². The second-order valence-corrected chi connectivity index (χ2v) is 14.5. The Labute approximate surface area is 301 Å². The molecule has 2 heterocycles. The normalized spacial score (nSPS) is 13.3. The molecule has 10 aromatic rings. The molecule has 0 bridgehead atoms. The molecule has 2 aromatic heterocycles. The maximum absolute atomic E-state index is 6.66. The molecule has 3 heteroatoms. The molecule has 0 unspecified atom stereocenters. The van der Waals surface area contributed by atoms with Crippen LogP contribution in [0, 0.1) is 0 Å². The molecule has 52 heavy (non-hydrogen) atoms. The summed E-state index contributed by atoms with van der Waals surface area (Å²) < 4.78 is 13.0. The van der Waals surface area contributed by atoms with Gasteiger partial charge in [-0.1, -0.05) is 123 Å². The molecule has 0 saturated carbocycles. The van der Waals surface area contributed by atoms with Crippen molar-refractivity contribution in [2.24, 2.45) is 0 Å². The summed E-state index contributed by atoms with van der Waals surface area (Å²) in [4.78, 5) is 2.42. The van der Waals surface area contributed by atoms with Gasteiger partial charge in [-0.15, -0.1) is 0 Å². The van der Waals surface area contributed by atoms with E-state index in [4.69, 9.17) is 8.83 Å². The molecular formula is C49H33NO2. The van der Waals surface area contributed by atoms with Gasteiger partial charge < -0.3 is 13.7 Å². The van der Waals surface area contributed by atoms with Gasteiger partial charge in [0.15, 0.2) is 0 Å². The van der Waals surface area contributed by atoms with Gasteiger partial charge >= 0.3 is 0 Å². The van der Waals surface area contributed by atoms with Gasteiger partial charge in [0, 0.05) is 49.3 Å². The summed E-state index contributed by atoms with van der Waals surface area (Å²) in [7, 11) is 0. The standard InChI is InChI=1S/C49H33NO2/c1-49(2)41-18-8-5-14-34(41)35-26-23-32(29-42(35)49)50(31-24-27-45-40(28-31)37-16-7-10-20-44(37)51-45)43-19-9-6-15-36(43)38-17-11-21-46-47(38)39-25-22-30-12-3-4-13-33(30)48(39)52-46/h3-29H,1-2H3. The third kappa shape index (κ3) is 4.08. The fourth-order valence-electron chi connectivity index (χ4n) is 8.79. The van der Waals surface area contributed by atoms with Crippen LogP contribution in [0.1, 0.15) is 25.0 Å². The molecule has 0 radical (unpaired) electrons. The van der Waals surface area contributed by atoms with E-state index in [9.17, 15) is 0 Å². The summed E-state index contributed by atoms with van der Waals surface area (Å²) in [5.74, 6) is 0. The Morgan fingerprint density at radius 2 is 1.10 bits per heavy atom. The largest absolute Gasteiger partial charge is 0.456 e. The van der Waals surface area contributed by atoms with Crippen LogP contribution < -0.4 is 4.90 Å². The Bertz CT molecular complexity index is 3070. The van der Waals surface area contributed by atoms with E-state index in [1.807, 2.05) is 12.1 Å². The number of anilines is 3. The maximum Gasteiger partial charge on any atom is 0.143 e. The molecule has 0 saturated heterocycles. The van der Waals surface area contributed by atoms with Crippen LogP contribution in [-0.4, -0.2) is 0 Å². The van der Waals surface area contributed by atoms with Gasteiger partial charge in [-0.05, 0) is 87.8 Å². The lowest BCUT2D eigenvalue weighted by Crippen LogP contribution is -2.16. The monoisotopic (exact) mass is 667 g/mol. The summed E-state index contributed by atoms with van der Waals surface area (Å²) in [5, 5.41) is 6.75. The SMILES string of the molecule is CC1(C)c2ccccc2-c2ccc(N(c3ccc4oc5ccccc5c4c3)c3ccccc3-c3cccc4oc5c6ccccc6ccc5c34)cc21. The average Bonchev–Trinajstić information content (AvgIpc) is 3.83. The van der Waals surface area contributed by atoms with Crippen molar-refractivity contribution in [3.8, 4) is 22.3 Å². The number of benzene rings is 8. The summed E-state index contributed by atoms with van der Waals surface area (Å²) >= 11 is 0. The fourth-order valence-corrected chi connectivity index (χ4v) is 8.79. The average molecular weight is 668 g/mol. The van der Waals surface area contributed by atoms with E-state index in [2.05, 4.69) is 170 Å². The van der Waals surface area contributed by atoms with Crippen LogP contribution in [0.15, 0.2) is 173 Å². The zero-order valence-electron chi connectivity index (χ0n) is 28.9. The lowest BCUT2D eigenvalue weighted by molar-refractivity contribution is 0.660. The zero-order valence-corrected chi connectivity index (χ0v) is 28.9. The molecule has 0 aliphatic heterocycles. The topological polar surface area (TPSA) is 29.5 Å². The summed E-state index contributed by atoms with van der Waals surface area (Å²) in [6.07, 6.45) is 0. The van der Waals surface area contributed by atoms with Crippen molar-refractivity contribution in [1.82, 2.24) is 0 Å². The first-order valence-electron chi connectivity index (χ1n) is 17.9. The predicted molar refractivity (Wildman–Crippen MR) is 216 cm³/mol. The number of hydrogen-bond acceptors (Lipinski definition) is 3. The number of rotatable bonds is 4. The lowest BCUT2D eigenvalue weighted by atomic mass is 9.82. The van der Waals surface area contributed by atoms with Gasteiger partial charge in [-0.3, -0.25) is 0 Å². The molecule has 0 fully saturated rings. The first-order chi connectivity index (χ1) is 25.5. The molecule has 0 atom stereocenters. The van der Waals surface area contributed by atoms with E-state index in [-0.39, 0.29) is 5.41 Å². The van der Waals surface area contributed by atoms with Crippen LogP contribution >= 0.6 is 0 Å². The number of para-hydroxylation sites is 2. The van der Waals surface area contributed by atoms with Crippen molar-refractivity contribution in [2.75, 3.05) is 4.90 Å². The molecular weight excluding hydrogens is 635 g/mol. The minimum Gasteiger partial charge on any atom is -0.456 e. The number of furan rings is 2. The van der Waals surface area contributed by atoms with E-state index in [1.165, 1.54) is 27.6 Å². The molecule has 246 valence electrons. The number of hydrogen-bond donors (Lipinski definition) is 0. The van der Waals surface area contributed by atoms with E-state index in [0.29, 0.717) is 0 Å². The Kier molecular flexibility index (Phi) is 6.01. The van der Waals surface area contributed by atoms with Gasteiger partial charge in [0.1, 0.15) is 22.3 Å². The van der Waals surface area contributed by atoms with Crippen LogP contribution in [0.5, 0.6) is 0 Å². The van der Waals surface area contributed by atoms with Crippen LogP contribution in [-0.2, 0) is 5.41 Å². The number of fused-ring (bicyclic) bond motifs is 11. The smallest absolute Gasteiger partial charge is 0.143 e. The second kappa shape index (κ2) is 10.7. The van der Waals surface area contributed by atoms with Gasteiger partial charge in [0.2, 0.25) is 0 Å². The highest BCUT2D eigenvalue weighted by Gasteiger charge is 2.36. The number of nitrogens with zero attached hydrogens (tertiary/aromatic N) is 1. The van der Waals surface area contributed by atoms with Gasteiger partial charge in [0.25, 0.3) is 0 Å². The third-order valence-corrected chi connectivity index (χ3v) is 11.3. The van der Waals surface area contributed by atoms with E-state index in [1.54, 1.807) is 0 Å². The summed E-state index contributed by atoms with van der Waals surface area (Å²) in [6.45, 7) is 4.69. The Morgan fingerprint density at radius 1 is 0.423 bits per heavy atom. The minimum absolute atomic E-state index is 0.137. The van der Waals surface area contributed by atoms with Crippen molar-refractivity contribution in [3.05, 3.63) is 175 Å². The second-order valence-electron chi connectivity index (χ2n) is 14.5. The molecule has 0 spiro atoms. The van der Waals surface area contributed by atoms with Crippen molar-refractivity contribution < 1.29 is 8.83 Å². The van der Waals surface area contributed by atoms with Crippen molar-refractivity contribution >= 4 is 71.7 Å². The Balaban J connectivity index is 1.18. The molecule has 1 aliphatic carbocycles. The highest BCUT2D eigenvalue weighted by Crippen LogP contribution is 2.52. The van der Waals surface area contributed by atoms with E-state index in [0.717, 1.165) is 77.5 Å². The molecule has 8 aromatic carbocycles. The van der Waals surface area contributed by atoms with Crippen molar-refractivity contribution in [2.45, 2.75) is 19.3 Å². The lowest BCUT2D eigenvalue weighted by Gasteiger charge is -2.30. The van der Waals surface area contributed by atoms with E-state index >= 15 is 0 Å². The van der Waals surface area contributed by atoms with Crippen molar-refractivity contribution in [3.63, 3.8) is 0 Å². The molecule has 0 amide bonds. The summed E-state index contributed by atoms with van der Waals surface area (Å²) in [6, 6.07) is 58.8. The minimum atomic E-state index is -0.137. The highest BCUT2D eigenvalue weighted by atomic mass is 16.3. The van der Waals surface area contributed by atoms with Crippen LogP contribution in [0.2, 0.25) is 0 Å². The van der Waals surface area contributed by atoms with E-state index < -0.39 is 0 Å².